The second-order valence-corrected chi connectivity index (χ2v) is 6.10. The van der Waals surface area contributed by atoms with Crippen molar-refractivity contribution in [3.63, 3.8) is 0 Å². The first-order chi connectivity index (χ1) is 9.88. The van der Waals surface area contributed by atoms with Crippen LogP contribution in [0.3, 0.4) is 0 Å². The van der Waals surface area contributed by atoms with E-state index >= 15 is 0 Å². The van der Waals surface area contributed by atoms with E-state index in [0.717, 1.165) is 11.8 Å². The summed E-state index contributed by atoms with van der Waals surface area (Å²) < 4.78 is 39.0. The number of alkyl halides is 3. The molecule has 21 heavy (non-hydrogen) atoms. The highest BCUT2D eigenvalue weighted by Crippen LogP contribution is 2.33. The molecular weight excluding hydrogens is 303 g/mol. The van der Waals surface area contributed by atoms with Crippen molar-refractivity contribution in [2.75, 3.05) is 18.1 Å². The van der Waals surface area contributed by atoms with Gasteiger partial charge in [0.1, 0.15) is 0 Å². The maximum atomic E-state index is 13.0. The van der Waals surface area contributed by atoms with Crippen LogP contribution in [0.1, 0.15) is 17.5 Å². The number of nitrogens with zero attached hydrogens (tertiary/aromatic N) is 1. The molecule has 0 aliphatic carbocycles. The molecule has 0 spiro atoms. The van der Waals surface area contributed by atoms with E-state index in [1.165, 1.54) is 12.1 Å². The van der Waals surface area contributed by atoms with Gasteiger partial charge in [0.2, 0.25) is 0 Å². The predicted molar refractivity (Wildman–Crippen MR) is 75.2 cm³/mol. The van der Waals surface area contributed by atoms with Crippen LogP contribution in [0.5, 0.6) is 0 Å². The first-order valence-corrected chi connectivity index (χ1v) is 7.72. The van der Waals surface area contributed by atoms with E-state index < -0.39 is 17.7 Å². The molecular formula is C14H16F3NO2S. The van der Waals surface area contributed by atoms with Crippen LogP contribution in [0.2, 0.25) is 0 Å². The Morgan fingerprint density at radius 3 is 2.76 bits per heavy atom. The van der Waals surface area contributed by atoms with E-state index in [4.69, 9.17) is 5.11 Å². The zero-order chi connectivity index (χ0) is 15.5. The molecule has 0 radical (unpaired) electrons. The minimum absolute atomic E-state index is 0.0405. The number of hydrogen-bond acceptors (Lipinski definition) is 3. The van der Waals surface area contributed by atoms with Gasteiger partial charge < -0.3 is 5.11 Å². The standard InChI is InChI=1S/C14H16F3NO2S/c15-14(16,17)12-4-2-1-3-10(12)8-18-5-6-21-9-11(18)7-13(19)20/h1-4,11H,5-9H2,(H,19,20). The minimum Gasteiger partial charge on any atom is -0.481 e. The molecule has 0 aromatic heterocycles. The number of aliphatic carboxylic acids is 1. The Balaban J connectivity index is 2.18. The highest BCUT2D eigenvalue weighted by Gasteiger charge is 2.34. The Bertz CT molecular complexity index is 507. The molecule has 1 aromatic carbocycles. The Hall–Kier alpha value is -1.21. The van der Waals surface area contributed by atoms with Gasteiger partial charge in [-0.05, 0) is 11.6 Å². The Kier molecular flexibility index (Phi) is 5.16. The van der Waals surface area contributed by atoms with Crippen molar-refractivity contribution in [3.05, 3.63) is 35.4 Å². The summed E-state index contributed by atoms with van der Waals surface area (Å²) in [4.78, 5) is 12.7. The van der Waals surface area contributed by atoms with Crippen LogP contribution in [0.4, 0.5) is 13.2 Å². The Labute approximate surface area is 125 Å². The van der Waals surface area contributed by atoms with Crippen LogP contribution < -0.4 is 0 Å². The molecule has 2 rings (SSSR count). The zero-order valence-corrected chi connectivity index (χ0v) is 12.1. The molecule has 1 N–H and O–H groups in total. The van der Waals surface area contributed by atoms with Gasteiger partial charge in [-0.2, -0.15) is 24.9 Å². The molecule has 0 saturated carbocycles. The van der Waals surface area contributed by atoms with Gasteiger partial charge in [0.15, 0.2) is 0 Å². The molecule has 1 fully saturated rings. The van der Waals surface area contributed by atoms with E-state index in [9.17, 15) is 18.0 Å². The first-order valence-electron chi connectivity index (χ1n) is 6.56. The topological polar surface area (TPSA) is 40.5 Å². The average molecular weight is 319 g/mol. The molecule has 1 unspecified atom stereocenters. The Morgan fingerprint density at radius 1 is 1.38 bits per heavy atom. The summed E-state index contributed by atoms with van der Waals surface area (Å²) >= 11 is 1.64. The van der Waals surface area contributed by atoms with Crippen LogP contribution >= 0.6 is 11.8 Å². The van der Waals surface area contributed by atoms with Crippen molar-refractivity contribution in [2.45, 2.75) is 25.2 Å². The maximum Gasteiger partial charge on any atom is 0.416 e. The van der Waals surface area contributed by atoms with Gasteiger partial charge in [-0.3, -0.25) is 9.69 Å². The van der Waals surface area contributed by atoms with Gasteiger partial charge in [-0.1, -0.05) is 18.2 Å². The molecule has 1 aliphatic rings. The second-order valence-electron chi connectivity index (χ2n) is 4.95. The number of halogens is 3. The Morgan fingerprint density at radius 2 is 2.10 bits per heavy atom. The normalized spacial score (nSPS) is 20.4. The summed E-state index contributed by atoms with van der Waals surface area (Å²) in [6.45, 7) is 0.739. The number of thioether (sulfide) groups is 1. The lowest BCUT2D eigenvalue weighted by Crippen LogP contribution is -2.43. The summed E-state index contributed by atoms with van der Waals surface area (Å²) in [5.74, 6) is 0.529. The third kappa shape index (κ3) is 4.38. The van der Waals surface area contributed by atoms with Crippen molar-refractivity contribution in [3.8, 4) is 0 Å². The van der Waals surface area contributed by atoms with Gasteiger partial charge in [0, 0.05) is 30.6 Å². The van der Waals surface area contributed by atoms with Crippen molar-refractivity contribution in [1.29, 1.82) is 0 Å². The summed E-state index contributed by atoms with van der Waals surface area (Å²) in [6, 6.07) is 5.26. The van der Waals surface area contributed by atoms with Gasteiger partial charge in [-0.25, -0.2) is 0 Å². The predicted octanol–water partition coefficient (Wildman–Crippen LogP) is 3.10. The summed E-state index contributed by atoms with van der Waals surface area (Å²) in [5.41, 5.74) is -0.440. The zero-order valence-electron chi connectivity index (χ0n) is 11.3. The molecule has 1 aromatic rings. The molecule has 0 amide bonds. The molecule has 7 heteroatoms. The fourth-order valence-corrected chi connectivity index (χ4v) is 3.57. The molecule has 1 aliphatic heterocycles. The van der Waals surface area contributed by atoms with Crippen molar-refractivity contribution < 1.29 is 23.1 Å². The average Bonchev–Trinajstić information content (AvgIpc) is 2.40. The summed E-state index contributed by atoms with van der Waals surface area (Å²) in [7, 11) is 0. The van der Waals surface area contributed by atoms with Crippen molar-refractivity contribution in [2.24, 2.45) is 0 Å². The highest BCUT2D eigenvalue weighted by molar-refractivity contribution is 7.99. The lowest BCUT2D eigenvalue weighted by molar-refractivity contribution is -0.140. The lowest BCUT2D eigenvalue weighted by Gasteiger charge is -2.35. The third-order valence-corrected chi connectivity index (χ3v) is 4.55. The van der Waals surface area contributed by atoms with E-state index in [-0.39, 0.29) is 24.6 Å². The van der Waals surface area contributed by atoms with Gasteiger partial charge in [0.05, 0.1) is 12.0 Å². The van der Waals surface area contributed by atoms with Crippen LogP contribution in [-0.4, -0.2) is 40.1 Å². The molecule has 3 nitrogen and oxygen atoms in total. The molecule has 116 valence electrons. The van der Waals surface area contributed by atoms with Gasteiger partial charge in [-0.15, -0.1) is 0 Å². The number of carboxylic acids is 1. The molecule has 1 atom stereocenters. The first kappa shape index (κ1) is 16.2. The molecule has 1 heterocycles. The smallest absolute Gasteiger partial charge is 0.416 e. The molecule has 1 saturated heterocycles. The maximum absolute atomic E-state index is 13.0. The number of carbonyl (C=O) groups is 1. The van der Waals surface area contributed by atoms with Crippen LogP contribution in [-0.2, 0) is 17.5 Å². The SMILES string of the molecule is O=C(O)CC1CSCCN1Cc1ccccc1C(F)(F)F. The van der Waals surface area contributed by atoms with Crippen LogP contribution in [0, 0.1) is 0 Å². The van der Waals surface area contributed by atoms with Crippen LogP contribution in [0.25, 0.3) is 0 Å². The van der Waals surface area contributed by atoms with Crippen LogP contribution in [0.15, 0.2) is 24.3 Å². The van der Waals surface area contributed by atoms with E-state index in [0.29, 0.717) is 12.3 Å². The number of rotatable bonds is 4. The summed E-state index contributed by atoms with van der Waals surface area (Å²) in [5, 5.41) is 8.92. The van der Waals surface area contributed by atoms with Crippen molar-refractivity contribution in [1.82, 2.24) is 4.90 Å². The highest BCUT2D eigenvalue weighted by atomic mass is 32.2. The molecule has 0 bridgehead atoms. The number of benzene rings is 1. The van der Waals surface area contributed by atoms with E-state index in [1.54, 1.807) is 17.8 Å². The minimum atomic E-state index is -4.39. The quantitative estimate of drug-likeness (QED) is 0.926. The van der Waals surface area contributed by atoms with E-state index in [2.05, 4.69) is 0 Å². The lowest BCUT2D eigenvalue weighted by atomic mass is 10.1. The largest absolute Gasteiger partial charge is 0.481 e. The van der Waals surface area contributed by atoms with Crippen molar-refractivity contribution >= 4 is 17.7 Å². The third-order valence-electron chi connectivity index (χ3n) is 3.46. The number of hydrogen-bond donors (Lipinski definition) is 1. The number of carboxylic acid groups (broad SMARTS) is 1. The van der Waals surface area contributed by atoms with E-state index in [1.807, 2.05) is 4.90 Å². The summed E-state index contributed by atoms with van der Waals surface area (Å²) in [6.07, 6.45) is -4.43. The van der Waals surface area contributed by atoms with Gasteiger partial charge >= 0.3 is 12.1 Å². The fourth-order valence-electron chi connectivity index (χ4n) is 2.44. The second kappa shape index (κ2) is 6.70. The fraction of sp³-hybridized carbons (Fsp3) is 0.500. The van der Waals surface area contributed by atoms with Gasteiger partial charge in [0.25, 0.3) is 0 Å². The monoisotopic (exact) mass is 319 g/mol.